The number of rotatable bonds is 8. The second-order valence-electron chi connectivity index (χ2n) is 20.4. The van der Waals surface area contributed by atoms with Gasteiger partial charge in [0, 0.05) is 52.4 Å². The molecule has 2 aliphatic carbocycles. The Kier molecular flexibility index (Phi) is 9.93. The Bertz CT molecular complexity index is 4440. The van der Waals surface area contributed by atoms with Crippen LogP contribution in [-0.4, -0.2) is 9.13 Å². The highest BCUT2D eigenvalue weighted by Gasteiger charge is 2.51. The number of para-hydroxylation sites is 4. The number of aromatic nitrogens is 2. The van der Waals surface area contributed by atoms with Crippen LogP contribution in [0.5, 0.6) is 0 Å². The zero-order chi connectivity index (χ0) is 50.6. The third-order valence-electron chi connectivity index (χ3n) is 16.2. The largest absolute Gasteiger partial charge is 0.309 e. The minimum absolute atomic E-state index is 0.456. The van der Waals surface area contributed by atoms with Crippen molar-refractivity contribution in [2.24, 2.45) is 0 Å². The molecule has 2 nitrogen and oxygen atoms in total. The molecule has 0 saturated heterocycles. The Morgan fingerprint density at radius 1 is 0.286 bits per heavy atom. The van der Waals surface area contributed by atoms with Gasteiger partial charge in [-0.05, 0) is 176 Å². The van der Waals surface area contributed by atoms with Crippen molar-refractivity contribution in [1.82, 2.24) is 9.13 Å². The standard InChI is InChI=1S/C73H46N2S2/c1-3-15-51(16-4-1)74-67-25-13-9-21-59(67)61-45-49(31-39-69(61)74)71-41-35-53(76-71)33-27-47-29-37-57-58-38-30-48(44-66(58)73(65(57)43-47)63-23-11-7-19-55(63)56-20-8-12-24-64(56)73)28-34-54-36-42-72(77-54)50-32-40-70-62(46-50)60-22-10-14-26-68(60)75(70)52-17-5-2-6-18-52/h1-46H/b33-27+,34-28+. The summed E-state index contributed by atoms with van der Waals surface area (Å²) in [6, 6.07) is 94.3. The van der Waals surface area contributed by atoms with E-state index in [9.17, 15) is 0 Å². The summed E-state index contributed by atoms with van der Waals surface area (Å²) >= 11 is 3.69. The quantitative estimate of drug-likeness (QED) is 0.144. The van der Waals surface area contributed by atoms with Crippen LogP contribution in [0.15, 0.2) is 255 Å². The third-order valence-corrected chi connectivity index (χ3v) is 18.4. The Balaban J connectivity index is 0.732. The number of hydrogen-bond donors (Lipinski definition) is 0. The number of benzene rings is 10. The van der Waals surface area contributed by atoms with Crippen LogP contribution in [0.3, 0.4) is 0 Å². The van der Waals surface area contributed by atoms with Gasteiger partial charge in [0.1, 0.15) is 0 Å². The SMILES string of the molecule is C(=C\c1ccc(-c2ccc3c(c2)c2ccccc2n3-c2ccccc2)s1)/c1ccc2c(c1)C1(c3ccccc3-c3ccccc31)c1cc(/C=C/c3ccc(-c4ccc5c(c4)c4ccccc4n5-c4ccccc4)s3)ccc1-2. The fraction of sp³-hybridized carbons (Fsp3) is 0.0137. The number of nitrogens with zero attached hydrogens (tertiary/aromatic N) is 2. The van der Waals surface area contributed by atoms with Crippen LogP contribution in [0, 0.1) is 0 Å². The van der Waals surface area contributed by atoms with Gasteiger partial charge < -0.3 is 9.13 Å². The molecule has 0 radical (unpaired) electrons. The fourth-order valence-electron chi connectivity index (χ4n) is 12.9. The molecule has 0 bridgehead atoms. The molecule has 0 fully saturated rings. The number of thiophene rings is 2. The first-order chi connectivity index (χ1) is 38.2. The Labute approximate surface area is 454 Å². The van der Waals surface area contributed by atoms with E-state index in [1.165, 1.54) is 141 Å². The summed E-state index contributed by atoms with van der Waals surface area (Å²) in [4.78, 5) is 4.97. The Morgan fingerprint density at radius 2 is 0.688 bits per heavy atom. The number of hydrogen-bond acceptors (Lipinski definition) is 2. The molecule has 16 rings (SSSR count). The first kappa shape index (κ1) is 44.0. The van der Waals surface area contributed by atoms with Crippen LogP contribution in [0.1, 0.15) is 43.1 Å². The van der Waals surface area contributed by atoms with E-state index in [1.54, 1.807) is 0 Å². The molecule has 4 aromatic heterocycles. The van der Waals surface area contributed by atoms with Gasteiger partial charge >= 0.3 is 0 Å². The maximum Gasteiger partial charge on any atom is 0.0725 e. The molecule has 0 N–H and O–H groups in total. The van der Waals surface area contributed by atoms with Gasteiger partial charge in [-0.15, -0.1) is 22.7 Å². The minimum Gasteiger partial charge on any atom is -0.309 e. The molecule has 0 unspecified atom stereocenters. The topological polar surface area (TPSA) is 9.86 Å². The maximum atomic E-state index is 2.47. The van der Waals surface area contributed by atoms with Crippen molar-refractivity contribution in [3.05, 3.63) is 298 Å². The van der Waals surface area contributed by atoms with Gasteiger partial charge in [0.2, 0.25) is 0 Å². The lowest BCUT2D eigenvalue weighted by molar-refractivity contribution is 0.793. The van der Waals surface area contributed by atoms with Crippen molar-refractivity contribution >= 4 is 90.6 Å². The molecule has 1 spiro atoms. The summed E-state index contributed by atoms with van der Waals surface area (Å²) in [5, 5.41) is 5.07. The van der Waals surface area contributed by atoms with Crippen LogP contribution in [-0.2, 0) is 5.41 Å². The lowest BCUT2D eigenvalue weighted by Gasteiger charge is -2.30. The van der Waals surface area contributed by atoms with Gasteiger partial charge in [0.15, 0.2) is 0 Å². The summed E-state index contributed by atoms with van der Waals surface area (Å²) in [6.07, 6.45) is 9.20. The molecule has 0 aliphatic heterocycles. The van der Waals surface area contributed by atoms with Crippen molar-refractivity contribution in [2.75, 3.05) is 0 Å². The average Bonchev–Trinajstić information content (AvgIpc) is 4.50. The predicted octanol–water partition coefficient (Wildman–Crippen LogP) is 20.0. The lowest BCUT2D eigenvalue weighted by atomic mass is 9.70. The van der Waals surface area contributed by atoms with Gasteiger partial charge in [0.25, 0.3) is 0 Å². The van der Waals surface area contributed by atoms with Gasteiger partial charge in [-0.1, -0.05) is 170 Å². The maximum absolute atomic E-state index is 2.47. The second-order valence-corrected chi connectivity index (χ2v) is 22.6. The van der Waals surface area contributed by atoms with Gasteiger partial charge in [0.05, 0.1) is 27.5 Å². The second kappa shape index (κ2) is 17.4. The normalized spacial score (nSPS) is 13.2. The van der Waals surface area contributed by atoms with E-state index >= 15 is 0 Å². The zero-order valence-corrected chi connectivity index (χ0v) is 43.4. The van der Waals surface area contributed by atoms with E-state index in [4.69, 9.17) is 0 Å². The molecule has 77 heavy (non-hydrogen) atoms. The summed E-state index contributed by atoms with van der Waals surface area (Å²) in [7, 11) is 0. The monoisotopic (exact) mass is 1010 g/mol. The molecular weight excluding hydrogens is 969 g/mol. The van der Waals surface area contributed by atoms with Crippen LogP contribution in [0.2, 0.25) is 0 Å². The highest BCUT2D eigenvalue weighted by Crippen LogP contribution is 2.63. The highest BCUT2D eigenvalue weighted by molar-refractivity contribution is 7.16. The Morgan fingerprint density at radius 3 is 1.17 bits per heavy atom. The van der Waals surface area contributed by atoms with Crippen molar-refractivity contribution in [3.8, 4) is 54.5 Å². The molecule has 4 heterocycles. The van der Waals surface area contributed by atoms with Crippen LogP contribution < -0.4 is 0 Å². The molecule has 10 aromatic carbocycles. The number of fused-ring (bicyclic) bond motifs is 16. The first-order valence-electron chi connectivity index (χ1n) is 26.4. The van der Waals surface area contributed by atoms with Crippen LogP contribution >= 0.6 is 22.7 Å². The smallest absolute Gasteiger partial charge is 0.0725 e. The zero-order valence-electron chi connectivity index (χ0n) is 41.8. The minimum atomic E-state index is -0.456. The van der Waals surface area contributed by atoms with E-state index in [2.05, 4.69) is 288 Å². The predicted molar refractivity (Wildman–Crippen MR) is 329 cm³/mol. The molecule has 2 aliphatic rings. The molecule has 0 amide bonds. The van der Waals surface area contributed by atoms with Crippen LogP contribution in [0.4, 0.5) is 0 Å². The summed E-state index contributed by atoms with van der Waals surface area (Å²) in [6.45, 7) is 0. The van der Waals surface area contributed by atoms with Gasteiger partial charge in [-0.3, -0.25) is 0 Å². The molecule has 360 valence electrons. The van der Waals surface area contributed by atoms with E-state index in [0.717, 1.165) is 0 Å². The highest BCUT2D eigenvalue weighted by atomic mass is 32.1. The van der Waals surface area contributed by atoms with Gasteiger partial charge in [-0.25, -0.2) is 0 Å². The van der Waals surface area contributed by atoms with Crippen molar-refractivity contribution in [1.29, 1.82) is 0 Å². The van der Waals surface area contributed by atoms with E-state index in [1.807, 2.05) is 22.7 Å². The van der Waals surface area contributed by atoms with Gasteiger partial charge in [-0.2, -0.15) is 0 Å². The molecule has 14 aromatic rings. The van der Waals surface area contributed by atoms with Crippen molar-refractivity contribution < 1.29 is 0 Å². The fourth-order valence-corrected chi connectivity index (χ4v) is 14.7. The van der Waals surface area contributed by atoms with Crippen LogP contribution in [0.25, 0.3) is 122 Å². The van der Waals surface area contributed by atoms with E-state index in [-0.39, 0.29) is 0 Å². The summed E-state index contributed by atoms with van der Waals surface area (Å²) in [5.41, 5.74) is 22.2. The van der Waals surface area contributed by atoms with E-state index < -0.39 is 5.41 Å². The third kappa shape index (κ3) is 6.79. The summed E-state index contributed by atoms with van der Waals surface area (Å²) in [5.74, 6) is 0. The molecule has 0 saturated carbocycles. The molecule has 4 heteroatoms. The Hall–Kier alpha value is -9.32. The summed E-state index contributed by atoms with van der Waals surface area (Å²) < 4.78 is 4.76. The molecule has 0 atom stereocenters. The first-order valence-corrected chi connectivity index (χ1v) is 28.0. The molecular formula is C73H46N2S2. The van der Waals surface area contributed by atoms with E-state index in [0.29, 0.717) is 0 Å². The van der Waals surface area contributed by atoms with Crippen molar-refractivity contribution in [3.63, 3.8) is 0 Å². The average molecular weight is 1020 g/mol. The van der Waals surface area contributed by atoms with Crippen molar-refractivity contribution in [2.45, 2.75) is 5.41 Å². The lowest BCUT2D eigenvalue weighted by Crippen LogP contribution is -2.26.